The summed E-state index contributed by atoms with van der Waals surface area (Å²) in [7, 11) is 3.53. The molecule has 0 spiro atoms. The molecule has 0 aliphatic rings. The van der Waals surface area contributed by atoms with Gasteiger partial charge in [0.2, 0.25) is 11.8 Å². The molecule has 0 aromatic carbocycles. The Morgan fingerprint density at radius 1 is 1.47 bits per heavy atom. The largest absolute Gasteiger partial charge is 0.423 e. The van der Waals surface area contributed by atoms with Crippen molar-refractivity contribution in [1.29, 1.82) is 0 Å². The van der Waals surface area contributed by atoms with E-state index in [1.807, 2.05) is 27.8 Å². The lowest BCUT2D eigenvalue weighted by Gasteiger charge is -2.20. The van der Waals surface area contributed by atoms with E-state index in [9.17, 15) is 0 Å². The van der Waals surface area contributed by atoms with Gasteiger partial charge in [-0.25, -0.2) is 0 Å². The van der Waals surface area contributed by atoms with Crippen LogP contribution in [-0.2, 0) is 11.2 Å². The van der Waals surface area contributed by atoms with Crippen LogP contribution in [0.2, 0.25) is 0 Å². The van der Waals surface area contributed by atoms with Crippen LogP contribution < -0.4 is 5.32 Å². The van der Waals surface area contributed by atoms with Gasteiger partial charge in [0.05, 0.1) is 18.1 Å². The molecule has 1 rings (SSSR count). The molecule has 0 bridgehead atoms. The highest BCUT2D eigenvalue weighted by molar-refractivity contribution is 4.91. The summed E-state index contributed by atoms with van der Waals surface area (Å²) in [6.45, 7) is 5.94. The predicted octanol–water partition coefficient (Wildman–Crippen LogP) is 1.32. The third-order valence-corrected chi connectivity index (χ3v) is 2.42. The van der Waals surface area contributed by atoms with Crippen LogP contribution in [0.25, 0.3) is 0 Å². The predicted molar refractivity (Wildman–Crippen MR) is 56.6 cm³/mol. The maximum Gasteiger partial charge on any atom is 0.233 e. The van der Waals surface area contributed by atoms with E-state index < -0.39 is 0 Å². The second-order valence-corrected chi connectivity index (χ2v) is 4.18. The fraction of sp³-hybridized carbons (Fsp3) is 0.800. The van der Waals surface area contributed by atoms with Crippen molar-refractivity contribution >= 4 is 0 Å². The number of rotatable bonds is 5. The second kappa shape index (κ2) is 4.72. The molecular weight excluding hydrogens is 194 g/mol. The molecule has 0 aliphatic heterocycles. The Hall–Kier alpha value is -0.940. The zero-order valence-corrected chi connectivity index (χ0v) is 10.00. The first kappa shape index (κ1) is 12.1. The van der Waals surface area contributed by atoms with E-state index in [1.165, 1.54) is 0 Å². The molecular formula is C10H19N3O2. The van der Waals surface area contributed by atoms with Gasteiger partial charge in [-0.15, -0.1) is 10.2 Å². The number of aromatic nitrogens is 2. The Bertz CT molecular complexity index is 309. The summed E-state index contributed by atoms with van der Waals surface area (Å²) in [5, 5.41) is 11.0. The third-order valence-electron chi connectivity index (χ3n) is 2.42. The van der Waals surface area contributed by atoms with Crippen molar-refractivity contribution in [3.8, 4) is 0 Å². The normalized spacial score (nSPS) is 14.2. The highest BCUT2D eigenvalue weighted by atomic mass is 16.5. The molecule has 86 valence electrons. The Kier molecular flexibility index (Phi) is 3.82. The lowest BCUT2D eigenvalue weighted by Crippen LogP contribution is -2.25. The van der Waals surface area contributed by atoms with Gasteiger partial charge in [0, 0.05) is 7.11 Å². The third kappa shape index (κ3) is 3.28. The van der Waals surface area contributed by atoms with Crippen LogP contribution in [0.3, 0.4) is 0 Å². The first-order chi connectivity index (χ1) is 6.98. The molecule has 1 aromatic heterocycles. The Morgan fingerprint density at radius 2 is 2.13 bits per heavy atom. The van der Waals surface area contributed by atoms with E-state index in [2.05, 4.69) is 15.5 Å². The van der Waals surface area contributed by atoms with Crippen LogP contribution in [0, 0.1) is 0 Å². The van der Waals surface area contributed by atoms with Crippen molar-refractivity contribution in [3.63, 3.8) is 0 Å². The van der Waals surface area contributed by atoms with Gasteiger partial charge in [-0.2, -0.15) is 0 Å². The second-order valence-electron chi connectivity index (χ2n) is 4.18. The van der Waals surface area contributed by atoms with E-state index in [-0.39, 0.29) is 11.6 Å². The van der Waals surface area contributed by atoms with Crippen molar-refractivity contribution in [3.05, 3.63) is 11.8 Å². The Labute approximate surface area is 90.2 Å². The standard InChI is InChI=1S/C10H19N3O2/c1-7(11-4)9-13-12-8(15-9)6-10(2,3)14-5/h7,11H,6H2,1-5H3. The van der Waals surface area contributed by atoms with Crippen molar-refractivity contribution in [2.45, 2.75) is 38.8 Å². The summed E-state index contributed by atoms with van der Waals surface area (Å²) in [4.78, 5) is 0. The number of hydrogen-bond acceptors (Lipinski definition) is 5. The van der Waals surface area contributed by atoms with Crippen molar-refractivity contribution in [1.82, 2.24) is 15.5 Å². The molecule has 0 fully saturated rings. The zero-order valence-electron chi connectivity index (χ0n) is 10.00. The number of methoxy groups -OCH3 is 1. The molecule has 0 aliphatic carbocycles. The molecule has 0 amide bonds. The molecule has 1 aromatic rings. The molecule has 15 heavy (non-hydrogen) atoms. The van der Waals surface area contributed by atoms with Crippen molar-refractivity contribution in [2.75, 3.05) is 14.2 Å². The summed E-state index contributed by atoms with van der Waals surface area (Å²) in [6.07, 6.45) is 0.618. The molecule has 1 N–H and O–H groups in total. The molecule has 0 radical (unpaired) electrons. The van der Waals surface area contributed by atoms with Crippen LogP contribution in [0.4, 0.5) is 0 Å². The summed E-state index contributed by atoms with van der Waals surface area (Å²) >= 11 is 0. The minimum atomic E-state index is -0.271. The lowest BCUT2D eigenvalue weighted by atomic mass is 10.1. The maximum absolute atomic E-state index is 5.51. The molecule has 1 atom stereocenters. The van der Waals surface area contributed by atoms with E-state index in [1.54, 1.807) is 7.11 Å². The van der Waals surface area contributed by atoms with Crippen LogP contribution in [0.15, 0.2) is 4.42 Å². The number of ether oxygens (including phenoxy) is 1. The highest BCUT2D eigenvalue weighted by Crippen LogP contribution is 2.17. The zero-order chi connectivity index (χ0) is 11.5. The van der Waals surface area contributed by atoms with Crippen molar-refractivity contribution < 1.29 is 9.15 Å². The molecule has 0 saturated heterocycles. The molecule has 5 heteroatoms. The van der Waals surface area contributed by atoms with Gasteiger partial charge >= 0.3 is 0 Å². The van der Waals surface area contributed by atoms with Gasteiger partial charge < -0.3 is 14.5 Å². The number of nitrogens with one attached hydrogen (secondary N) is 1. The summed E-state index contributed by atoms with van der Waals surface area (Å²) in [5.74, 6) is 1.22. The Balaban J connectivity index is 2.68. The highest BCUT2D eigenvalue weighted by Gasteiger charge is 2.22. The van der Waals surface area contributed by atoms with Gasteiger partial charge in [-0.1, -0.05) is 0 Å². The van der Waals surface area contributed by atoms with Crippen LogP contribution >= 0.6 is 0 Å². The molecule has 1 heterocycles. The van der Waals surface area contributed by atoms with Crippen molar-refractivity contribution in [2.24, 2.45) is 0 Å². The lowest BCUT2D eigenvalue weighted by molar-refractivity contribution is 0.0178. The van der Waals surface area contributed by atoms with Gasteiger partial charge in [0.15, 0.2) is 0 Å². The van der Waals surface area contributed by atoms with Gasteiger partial charge in [0.25, 0.3) is 0 Å². The van der Waals surface area contributed by atoms with Crippen LogP contribution in [0.5, 0.6) is 0 Å². The number of nitrogens with zero attached hydrogens (tertiary/aromatic N) is 2. The van der Waals surface area contributed by atoms with Gasteiger partial charge in [-0.05, 0) is 27.8 Å². The maximum atomic E-state index is 5.51. The first-order valence-corrected chi connectivity index (χ1v) is 5.03. The average Bonchev–Trinajstić information content (AvgIpc) is 2.64. The molecule has 0 saturated carbocycles. The van der Waals surface area contributed by atoms with Crippen LogP contribution in [-0.4, -0.2) is 30.0 Å². The van der Waals surface area contributed by atoms with Gasteiger partial charge in [0.1, 0.15) is 0 Å². The summed E-state index contributed by atoms with van der Waals surface area (Å²) < 4.78 is 10.8. The SMILES string of the molecule is CNC(C)c1nnc(CC(C)(C)OC)o1. The number of hydrogen-bond donors (Lipinski definition) is 1. The van der Waals surface area contributed by atoms with Crippen LogP contribution in [0.1, 0.15) is 38.6 Å². The summed E-state index contributed by atoms with van der Waals surface area (Å²) in [5.41, 5.74) is -0.271. The van der Waals surface area contributed by atoms with E-state index in [4.69, 9.17) is 9.15 Å². The minimum Gasteiger partial charge on any atom is -0.423 e. The first-order valence-electron chi connectivity index (χ1n) is 5.03. The fourth-order valence-electron chi connectivity index (χ4n) is 1.07. The van der Waals surface area contributed by atoms with E-state index >= 15 is 0 Å². The fourth-order valence-corrected chi connectivity index (χ4v) is 1.07. The topological polar surface area (TPSA) is 60.2 Å². The van der Waals surface area contributed by atoms with Gasteiger partial charge in [-0.3, -0.25) is 0 Å². The minimum absolute atomic E-state index is 0.0805. The monoisotopic (exact) mass is 213 g/mol. The van der Waals surface area contributed by atoms with E-state index in [0.717, 1.165) is 0 Å². The summed E-state index contributed by atoms with van der Waals surface area (Å²) in [6, 6.07) is 0.0805. The average molecular weight is 213 g/mol. The Morgan fingerprint density at radius 3 is 2.67 bits per heavy atom. The molecule has 5 nitrogen and oxygen atoms in total. The smallest absolute Gasteiger partial charge is 0.233 e. The quantitative estimate of drug-likeness (QED) is 0.799. The van der Waals surface area contributed by atoms with E-state index in [0.29, 0.717) is 18.2 Å². The molecule has 1 unspecified atom stereocenters.